The largest absolute Gasteiger partial charge is 0.359 e. The topological polar surface area (TPSA) is 53.9 Å². The standard InChI is InChI=1S/C17H19F2N3O2S/c1-21-9-11-22(12-10-21)16-8-3-2-7-15(16)20-25(23,24)17-13(18)5-4-6-14(17)19/h2-8,20H,9-12H2,1H3/p+1. The second-order valence-electron chi connectivity index (χ2n) is 6.12. The maximum absolute atomic E-state index is 13.9. The molecule has 1 saturated heterocycles. The second kappa shape index (κ2) is 6.97. The van der Waals surface area contributed by atoms with Crippen molar-refractivity contribution >= 4 is 21.4 Å². The van der Waals surface area contributed by atoms with Crippen molar-refractivity contribution < 1.29 is 22.1 Å². The maximum atomic E-state index is 13.9. The minimum atomic E-state index is -4.38. The molecule has 2 N–H and O–H groups in total. The van der Waals surface area contributed by atoms with Crippen molar-refractivity contribution in [2.24, 2.45) is 0 Å². The Morgan fingerprint density at radius 1 is 1.00 bits per heavy atom. The van der Waals surface area contributed by atoms with Crippen LogP contribution in [0.4, 0.5) is 20.2 Å². The van der Waals surface area contributed by atoms with Crippen LogP contribution < -0.4 is 14.5 Å². The number of benzene rings is 2. The van der Waals surface area contributed by atoms with E-state index >= 15 is 0 Å². The molecule has 0 aromatic heterocycles. The Morgan fingerprint density at radius 3 is 2.24 bits per heavy atom. The maximum Gasteiger partial charge on any atom is 0.267 e. The van der Waals surface area contributed by atoms with Gasteiger partial charge in [0.05, 0.1) is 44.6 Å². The Balaban J connectivity index is 1.93. The van der Waals surface area contributed by atoms with Gasteiger partial charge in [0.25, 0.3) is 10.0 Å². The number of para-hydroxylation sites is 2. The van der Waals surface area contributed by atoms with Crippen LogP contribution in [-0.2, 0) is 10.0 Å². The van der Waals surface area contributed by atoms with Gasteiger partial charge in [-0.05, 0) is 24.3 Å². The lowest BCUT2D eigenvalue weighted by Crippen LogP contribution is -3.12. The van der Waals surface area contributed by atoms with Crippen LogP contribution in [-0.4, -0.2) is 41.6 Å². The van der Waals surface area contributed by atoms with Crippen molar-refractivity contribution in [1.82, 2.24) is 0 Å². The lowest BCUT2D eigenvalue weighted by atomic mass is 10.2. The number of quaternary nitrogens is 1. The minimum absolute atomic E-state index is 0.310. The van der Waals surface area contributed by atoms with Crippen molar-refractivity contribution in [1.29, 1.82) is 0 Å². The summed E-state index contributed by atoms with van der Waals surface area (Å²) >= 11 is 0. The van der Waals surface area contributed by atoms with E-state index in [1.165, 1.54) is 4.90 Å². The van der Waals surface area contributed by atoms with E-state index in [0.717, 1.165) is 44.4 Å². The van der Waals surface area contributed by atoms with Gasteiger partial charge in [-0.2, -0.15) is 0 Å². The van der Waals surface area contributed by atoms with Gasteiger partial charge in [0, 0.05) is 0 Å². The van der Waals surface area contributed by atoms with E-state index in [2.05, 4.69) is 16.7 Å². The summed E-state index contributed by atoms with van der Waals surface area (Å²) in [5.74, 6) is -2.23. The zero-order valence-electron chi connectivity index (χ0n) is 13.8. The summed E-state index contributed by atoms with van der Waals surface area (Å²) in [6, 6.07) is 9.86. The highest BCUT2D eigenvalue weighted by Crippen LogP contribution is 2.29. The molecule has 0 spiro atoms. The third-order valence-corrected chi connectivity index (χ3v) is 5.71. The molecule has 0 unspecified atom stereocenters. The van der Waals surface area contributed by atoms with Gasteiger partial charge in [-0.1, -0.05) is 18.2 Å². The van der Waals surface area contributed by atoms with Crippen LogP contribution in [0, 0.1) is 11.6 Å². The average Bonchev–Trinajstić information content (AvgIpc) is 2.55. The third kappa shape index (κ3) is 3.74. The van der Waals surface area contributed by atoms with E-state index in [4.69, 9.17) is 0 Å². The fourth-order valence-electron chi connectivity index (χ4n) is 2.90. The lowest BCUT2D eigenvalue weighted by Gasteiger charge is -2.33. The number of halogens is 2. The SMILES string of the molecule is C[NH+]1CCN(c2ccccc2NS(=O)(=O)c2c(F)cccc2F)CC1. The number of hydrogen-bond donors (Lipinski definition) is 2. The molecule has 2 aromatic rings. The molecule has 1 aliphatic heterocycles. The smallest absolute Gasteiger partial charge is 0.267 e. The van der Waals surface area contributed by atoms with Crippen molar-refractivity contribution in [2.75, 3.05) is 42.8 Å². The lowest BCUT2D eigenvalue weighted by molar-refractivity contribution is -0.880. The highest BCUT2D eigenvalue weighted by molar-refractivity contribution is 7.92. The highest BCUT2D eigenvalue weighted by atomic mass is 32.2. The number of rotatable bonds is 4. The molecule has 8 heteroatoms. The molecule has 2 aromatic carbocycles. The van der Waals surface area contributed by atoms with Gasteiger partial charge in [-0.15, -0.1) is 0 Å². The number of likely N-dealkylation sites (N-methyl/N-ethyl adjacent to an activating group) is 1. The Bertz CT molecular complexity index is 846. The molecule has 0 aliphatic carbocycles. The van der Waals surface area contributed by atoms with E-state index in [1.807, 2.05) is 6.07 Å². The Labute approximate surface area is 145 Å². The van der Waals surface area contributed by atoms with Crippen molar-refractivity contribution in [3.05, 3.63) is 54.1 Å². The van der Waals surface area contributed by atoms with Gasteiger partial charge in [-0.25, -0.2) is 17.2 Å². The number of anilines is 2. The molecule has 134 valence electrons. The fraction of sp³-hybridized carbons (Fsp3) is 0.294. The van der Waals surface area contributed by atoms with E-state index in [9.17, 15) is 17.2 Å². The molecular weight excluding hydrogens is 348 g/mol. The van der Waals surface area contributed by atoms with Crippen LogP contribution in [0.5, 0.6) is 0 Å². The normalized spacial score (nSPS) is 16.0. The van der Waals surface area contributed by atoms with Crippen molar-refractivity contribution in [3.63, 3.8) is 0 Å². The van der Waals surface area contributed by atoms with Gasteiger partial charge in [0.15, 0.2) is 4.90 Å². The van der Waals surface area contributed by atoms with Gasteiger partial charge < -0.3 is 9.80 Å². The molecule has 0 radical (unpaired) electrons. The van der Waals surface area contributed by atoms with Crippen LogP contribution in [0.2, 0.25) is 0 Å². The zero-order chi connectivity index (χ0) is 18.0. The van der Waals surface area contributed by atoms with Crippen LogP contribution in [0.15, 0.2) is 47.4 Å². The zero-order valence-corrected chi connectivity index (χ0v) is 14.6. The van der Waals surface area contributed by atoms with Crippen LogP contribution in [0.25, 0.3) is 0 Å². The number of sulfonamides is 1. The number of hydrogen-bond acceptors (Lipinski definition) is 3. The van der Waals surface area contributed by atoms with E-state index in [0.29, 0.717) is 11.4 Å². The van der Waals surface area contributed by atoms with Gasteiger partial charge in [0.2, 0.25) is 0 Å². The molecule has 0 amide bonds. The third-order valence-electron chi connectivity index (χ3n) is 4.29. The molecule has 1 aliphatic rings. The van der Waals surface area contributed by atoms with E-state index in [-0.39, 0.29) is 0 Å². The molecule has 0 saturated carbocycles. The van der Waals surface area contributed by atoms with Gasteiger partial charge in [-0.3, -0.25) is 4.72 Å². The number of nitrogens with one attached hydrogen (secondary N) is 2. The molecule has 0 bridgehead atoms. The number of nitrogens with zero attached hydrogens (tertiary/aromatic N) is 1. The summed E-state index contributed by atoms with van der Waals surface area (Å²) in [6.45, 7) is 3.42. The van der Waals surface area contributed by atoms with Crippen LogP contribution in [0.3, 0.4) is 0 Å². The second-order valence-corrected chi connectivity index (χ2v) is 7.74. The highest BCUT2D eigenvalue weighted by Gasteiger charge is 2.26. The monoisotopic (exact) mass is 368 g/mol. The predicted octanol–water partition coefficient (Wildman–Crippen LogP) is 1.10. The Morgan fingerprint density at radius 2 is 1.60 bits per heavy atom. The average molecular weight is 368 g/mol. The summed E-state index contributed by atoms with van der Waals surface area (Å²) in [5.41, 5.74) is 1.01. The molecule has 3 rings (SSSR count). The van der Waals surface area contributed by atoms with Crippen LogP contribution >= 0.6 is 0 Å². The van der Waals surface area contributed by atoms with Crippen LogP contribution in [0.1, 0.15) is 0 Å². The van der Waals surface area contributed by atoms with Crippen molar-refractivity contribution in [3.8, 4) is 0 Å². The predicted molar refractivity (Wildman–Crippen MR) is 92.4 cm³/mol. The first-order valence-electron chi connectivity index (χ1n) is 8.00. The quantitative estimate of drug-likeness (QED) is 0.850. The molecule has 1 heterocycles. The van der Waals surface area contributed by atoms with E-state index in [1.54, 1.807) is 18.2 Å². The first-order valence-corrected chi connectivity index (χ1v) is 9.49. The molecular formula is C17H20F2N3O2S+. The summed E-state index contributed by atoms with van der Waals surface area (Å²) in [5, 5.41) is 0. The van der Waals surface area contributed by atoms with Gasteiger partial charge in [0.1, 0.15) is 11.6 Å². The summed E-state index contributed by atoms with van der Waals surface area (Å²) < 4.78 is 55.1. The summed E-state index contributed by atoms with van der Waals surface area (Å²) in [4.78, 5) is 2.51. The summed E-state index contributed by atoms with van der Waals surface area (Å²) in [6.07, 6.45) is 0. The van der Waals surface area contributed by atoms with Crippen molar-refractivity contribution in [2.45, 2.75) is 4.90 Å². The van der Waals surface area contributed by atoms with E-state index < -0.39 is 26.6 Å². The van der Waals surface area contributed by atoms with Gasteiger partial charge >= 0.3 is 0 Å². The molecule has 1 fully saturated rings. The Hall–Kier alpha value is -2.19. The summed E-state index contributed by atoms with van der Waals surface area (Å²) in [7, 11) is -2.27. The molecule has 5 nitrogen and oxygen atoms in total. The first kappa shape index (κ1) is 17.6. The Kier molecular flexibility index (Phi) is 4.91. The molecule has 25 heavy (non-hydrogen) atoms. The molecule has 0 atom stereocenters. The first-order chi connectivity index (χ1) is 11.9. The fourth-order valence-corrected chi connectivity index (χ4v) is 4.11. The minimum Gasteiger partial charge on any atom is -0.359 e. The number of piperazine rings is 1.